The van der Waals surface area contributed by atoms with Gasteiger partial charge in [0.25, 0.3) is 0 Å². The van der Waals surface area contributed by atoms with Crippen LogP contribution in [0.4, 0.5) is 0 Å². The molecule has 0 bridgehead atoms. The van der Waals surface area contributed by atoms with Crippen LogP contribution in [0.2, 0.25) is 5.02 Å². The van der Waals surface area contributed by atoms with Crippen molar-refractivity contribution in [2.24, 2.45) is 0 Å². The molecule has 0 spiro atoms. The number of halogens is 1. The van der Waals surface area contributed by atoms with Gasteiger partial charge in [-0.15, -0.1) is 0 Å². The van der Waals surface area contributed by atoms with Gasteiger partial charge < -0.3 is 4.74 Å². The zero-order valence-electron chi connectivity index (χ0n) is 6.60. The molecule has 0 fully saturated rings. The second kappa shape index (κ2) is 3.63. The molecule has 1 aromatic carbocycles. The minimum atomic E-state index is 0.187. The summed E-state index contributed by atoms with van der Waals surface area (Å²) in [6.07, 6.45) is 0.187. The van der Waals surface area contributed by atoms with E-state index in [9.17, 15) is 0 Å². The van der Waals surface area contributed by atoms with Crippen LogP contribution in [0.1, 0.15) is 13.8 Å². The highest BCUT2D eigenvalue weighted by atomic mass is 35.5. The van der Waals surface area contributed by atoms with Gasteiger partial charge in [-0.1, -0.05) is 11.6 Å². The molecule has 0 saturated carbocycles. The molecule has 0 aromatic heterocycles. The molecule has 1 rings (SSSR count). The summed E-state index contributed by atoms with van der Waals surface area (Å²) in [5, 5.41) is 0.682. The predicted octanol–water partition coefficient (Wildman–Crippen LogP) is 2.93. The van der Waals surface area contributed by atoms with Crippen molar-refractivity contribution in [3.63, 3.8) is 0 Å². The Morgan fingerprint density at radius 1 is 1.45 bits per heavy atom. The minimum absolute atomic E-state index is 0.187. The van der Waals surface area contributed by atoms with Crippen LogP contribution < -0.4 is 4.74 Å². The van der Waals surface area contributed by atoms with Gasteiger partial charge in [0, 0.05) is 11.1 Å². The topological polar surface area (TPSA) is 9.23 Å². The van der Waals surface area contributed by atoms with Crippen LogP contribution in [0.25, 0.3) is 0 Å². The van der Waals surface area contributed by atoms with Crippen molar-refractivity contribution in [3.8, 4) is 5.75 Å². The van der Waals surface area contributed by atoms with Crippen molar-refractivity contribution in [1.82, 2.24) is 0 Å². The zero-order valence-corrected chi connectivity index (χ0v) is 7.35. The van der Waals surface area contributed by atoms with E-state index in [0.717, 1.165) is 5.75 Å². The smallest absolute Gasteiger partial charge is 0.127 e. The molecule has 0 amide bonds. The molecule has 0 saturated heterocycles. The van der Waals surface area contributed by atoms with E-state index in [2.05, 4.69) is 6.07 Å². The molecule has 59 valence electrons. The Morgan fingerprint density at radius 2 is 2.18 bits per heavy atom. The molecule has 0 heterocycles. The second-order valence-corrected chi connectivity index (χ2v) is 2.97. The summed E-state index contributed by atoms with van der Waals surface area (Å²) in [4.78, 5) is 0. The highest BCUT2D eigenvalue weighted by Gasteiger charge is 1.96. The molecule has 0 aliphatic rings. The first kappa shape index (κ1) is 8.41. The van der Waals surface area contributed by atoms with E-state index in [1.165, 1.54) is 0 Å². The second-order valence-electron chi connectivity index (χ2n) is 2.54. The fourth-order valence-corrected chi connectivity index (χ4v) is 0.836. The maximum atomic E-state index is 5.66. The summed E-state index contributed by atoms with van der Waals surface area (Å²) < 4.78 is 5.35. The quantitative estimate of drug-likeness (QED) is 0.662. The van der Waals surface area contributed by atoms with E-state index in [-0.39, 0.29) is 6.10 Å². The Morgan fingerprint density at radius 3 is 2.64 bits per heavy atom. The fourth-order valence-electron chi connectivity index (χ4n) is 0.719. The monoisotopic (exact) mass is 169 g/mol. The van der Waals surface area contributed by atoms with Crippen molar-refractivity contribution >= 4 is 11.6 Å². The zero-order chi connectivity index (χ0) is 8.27. The first-order valence-corrected chi connectivity index (χ1v) is 3.90. The molecule has 0 N–H and O–H groups in total. The average Bonchev–Trinajstić information content (AvgIpc) is 1.93. The Labute approximate surface area is 71.9 Å². The number of hydrogen-bond acceptors (Lipinski definition) is 1. The van der Waals surface area contributed by atoms with E-state index in [4.69, 9.17) is 16.3 Å². The molecule has 2 heteroatoms. The van der Waals surface area contributed by atoms with E-state index in [1.54, 1.807) is 12.1 Å². The molecule has 0 unspecified atom stereocenters. The first-order chi connectivity index (χ1) is 5.18. The van der Waals surface area contributed by atoms with Crippen LogP contribution in [0.5, 0.6) is 5.75 Å². The number of benzene rings is 1. The summed E-state index contributed by atoms with van der Waals surface area (Å²) in [5.74, 6) is 0.740. The molecular formula is C9H10ClO. The lowest BCUT2D eigenvalue weighted by Gasteiger charge is -2.08. The molecule has 1 nitrogen and oxygen atoms in total. The standard InChI is InChI=1S/C9H10ClO/c1-7(2)11-9-5-3-8(10)4-6-9/h3-5,7H,1-2H3. The number of rotatable bonds is 2. The lowest BCUT2D eigenvalue weighted by molar-refractivity contribution is 0.242. The molecule has 0 atom stereocenters. The molecule has 0 aliphatic carbocycles. The van der Waals surface area contributed by atoms with Crippen molar-refractivity contribution in [2.45, 2.75) is 20.0 Å². The van der Waals surface area contributed by atoms with Crippen LogP contribution >= 0.6 is 11.6 Å². The van der Waals surface area contributed by atoms with Gasteiger partial charge in [-0.3, -0.25) is 0 Å². The Balaban J connectivity index is 2.66. The largest absolute Gasteiger partial charge is 0.490 e. The van der Waals surface area contributed by atoms with Crippen LogP contribution in [-0.4, -0.2) is 6.10 Å². The van der Waals surface area contributed by atoms with E-state index in [0.29, 0.717) is 5.02 Å². The van der Waals surface area contributed by atoms with Crippen LogP contribution in [0.15, 0.2) is 18.2 Å². The molecule has 11 heavy (non-hydrogen) atoms. The maximum Gasteiger partial charge on any atom is 0.127 e. The highest BCUT2D eigenvalue weighted by molar-refractivity contribution is 6.30. The van der Waals surface area contributed by atoms with Crippen molar-refractivity contribution in [3.05, 3.63) is 29.3 Å². The van der Waals surface area contributed by atoms with Gasteiger partial charge in [0.2, 0.25) is 0 Å². The predicted molar refractivity (Wildman–Crippen MR) is 46.1 cm³/mol. The maximum absolute atomic E-state index is 5.66. The van der Waals surface area contributed by atoms with Crippen LogP contribution in [0.3, 0.4) is 0 Å². The van der Waals surface area contributed by atoms with Gasteiger partial charge in [0.1, 0.15) is 5.75 Å². The van der Waals surface area contributed by atoms with Crippen LogP contribution in [-0.2, 0) is 0 Å². The summed E-state index contributed by atoms with van der Waals surface area (Å²) >= 11 is 5.66. The average molecular weight is 170 g/mol. The van der Waals surface area contributed by atoms with E-state index < -0.39 is 0 Å². The van der Waals surface area contributed by atoms with E-state index >= 15 is 0 Å². The minimum Gasteiger partial charge on any atom is -0.490 e. The Kier molecular flexibility index (Phi) is 2.77. The van der Waals surface area contributed by atoms with Crippen molar-refractivity contribution in [1.29, 1.82) is 0 Å². The van der Waals surface area contributed by atoms with Gasteiger partial charge in [0.05, 0.1) is 6.10 Å². The third kappa shape index (κ3) is 2.81. The summed E-state index contributed by atoms with van der Waals surface area (Å²) in [6.45, 7) is 3.95. The summed E-state index contributed by atoms with van der Waals surface area (Å²) in [6, 6.07) is 8.20. The number of hydrogen-bond donors (Lipinski definition) is 0. The molecule has 1 aromatic rings. The van der Waals surface area contributed by atoms with Gasteiger partial charge in [0.15, 0.2) is 0 Å². The van der Waals surface area contributed by atoms with Gasteiger partial charge in [-0.25, -0.2) is 0 Å². The van der Waals surface area contributed by atoms with Gasteiger partial charge in [-0.2, -0.15) is 0 Å². The van der Waals surface area contributed by atoms with Crippen molar-refractivity contribution in [2.75, 3.05) is 0 Å². The summed E-state index contributed by atoms with van der Waals surface area (Å²) in [7, 11) is 0. The van der Waals surface area contributed by atoms with Crippen molar-refractivity contribution < 1.29 is 4.74 Å². The van der Waals surface area contributed by atoms with Gasteiger partial charge >= 0.3 is 0 Å². The Bertz CT molecular complexity index is 216. The first-order valence-electron chi connectivity index (χ1n) is 3.52. The highest BCUT2D eigenvalue weighted by Crippen LogP contribution is 2.15. The molecular weight excluding hydrogens is 160 g/mol. The fraction of sp³-hybridized carbons (Fsp3) is 0.333. The SMILES string of the molecule is CC(C)Oc1[c]cc(Cl)cc1. The molecule has 0 aliphatic heterocycles. The van der Waals surface area contributed by atoms with Gasteiger partial charge in [-0.05, 0) is 32.0 Å². The molecule has 1 radical (unpaired) electrons. The lowest BCUT2D eigenvalue weighted by Crippen LogP contribution is -2.05. The normalized spacial score (nSPS) is 10.2. The lowest BCUT2D eigenvalue weighted by atomic mass is 10.3. The Hall–Kier alpha value is -0.690. The summed E-state index contributed by atoms with van der Waals surface area (Å²) in [5.41, 5.74) is 0. The van der Waals surface area contributed by atoms with E-state index in [1.807, 2.05) is 19.9 Å². The third-order valence-corrected chi connectivity index (χ3v) is 1.34. The third-order valence-electron chi connectivity index (χ3n) is 1.11. The van der Waals surface area contributed by atoms with Crippen LogP contribution in [0, 0.1) is 6.07 Å². The number of ether oxygens (including phenoxy) is 1.